The summed E-state index contributed by atoms with van der Waals surface area (Å²) >= 11 is 0. The van der Waals surface area contributed by atoms with E-state index < -0.39 is 0 Å². The first-order chi connectivity index (χ1) is 7.08. The van der Waals surface area contributed by atoms with Crippen LogP contribution in [-0.4, -0.2) is 56.5 Å². The van der Waals surface area contributed by atoms with Crippen LogP contribution in [0, 0.1) is 5.41 Å². The number of nitrogens with zero attached hydrogens (tertiary/aromatic N) is 1. The smallest absolute Gasteiger partial charge is 0.0673 e. The quantitative estimate of drug-likeness (QED) is 0.682. The third-order valence-corrected chi connectivity index (χ3v) is 3.08. The Labute approximate surface area is 92.4 Å². The predicted molar refractivity (Wildman–Crippen MR) is 60.7 cm³/mol. The zero-order chi connectivity index (χ0) is 11.3. The van der Waals surface area contributed by atoms with Gasteiger partial charge in [0.15, 0.2) is 0 Å². The van der Waals surface area contributed by atoms with Crippen LogP contribution in [0.2, 0.25) is 0 Å². The molecule has 15 heavy (non-hydrogen) atoms. The van der Waals surface area contributed by atoms with Crippen molar-refractivity contribution in [3.05, 3.63) is 0 Å². The van der Waals surface area contributed by atoms with Crippen molar-refractivity contribution in [2.75, 3.05) is 40.4 Å². The largest absolute Gasteiger partial charge is 0.392 e. The first kappa shape index (κ1) is 12.9. The zero-order valence-electron chi connectivity index (χ0n) is 9.91. The third kappa shape index (κ3) is 4.07. The Morgan fingerprint density at radius 1 is 1.53 bits per heavy atom. The molecule has 2 atom stereocenters. The molecule has 4 nitrogen and oxygen atoms in total. The topological polar surface area (TPSA) is 58.7 Å². The fourth-order valence-corrected chi connectivity index (χ4v) is 2.30. The van der Waals surface area contributed by atoms with Crippen LogP contribution in [0.4, 0.5) is 0 Å². The summed E-state index contributed by atoms with van der Waals surface area (Å²) in [5.74, 6) is 0. The van der Waals surface area contributed by atoms with Crippen molar-refractivity contribution in [3.63, 3.8) is 0 Å². The molecule has 0 spiro atoms. The number of ether oxygens (including phenoxy) is 1. The van der Waals surface area contributed by atoms with Crippen molar-refractivity contribution >= 4 is 0 Å². The molecule has 0 amide bonds. The predicted octanol–water partition coefficient (Wildman–Crippen LogP) is 0.0545. The van der Waals surface area contributed by atoms with E-state index in [1.54, 1.807) is 0 Å². The first-order valence-electron chi connectivity index (χ1n) is 5.69. The van der Waals surface area contributed by atoms with Crippen molar-refractivity contribution in [3.8, 4) is 0 Å². The second-order valence-electron chi connectivity index (χ2n) is 4.98. The summed E-state index contributed by atoms with van der Waals surface area (Å²) in [6.45, 7) is 2.85. The van der Waals surface area contributed by atoms with Crippen LogP contribution < -0.4 is 5.73 Å². The number of hydrogen-bond donors (Lipinski definition) is 2. The third-order valence-electron chi connectivity index (χ3n) is 3.08. The van der Waals surface area contributed by atoms with Gasteiger partial charge in [-0.25, -0.2) is 0 Å². The van der Waals surface area contributed by atoms with Gasteiger partial charge in [0, 0.05) is 25.1 Å². The lowest BCUT2D eigenvalue weighted by Gasteiger charge is -2.37. The molecule has 4 heteroatoms. The molecule has 0 aromatic heterocycles. The first-order valence-corrected chi connectivity index (χ1v) is 5.69. The van der Waals surface area contributed by atoms with Crippen LogP contribution in [0.3, 0.4) is 0 Å². The Morgan fingerprint density at radius 3 is 2.73 bits per heavy atom. The number of aliphatic hydroxyl groups excluding tert-OH is 1. The number of nitrogens with two attached hydrogens (primary N) is 1. The Hall–Kier alpha value is -0.160. The average molecular weight is 216 g/mol. The average Bonchev–Trinajstić information content (AvgIpc) is 2.17. The van der Waals surface area contributed by atoms with Crippen LogP contribution in [0.5, 0.6) is 0 Å². The molecule has 0 radical (unpaired) electrons. The van der Waals surface area contributed by atoms with Crippen LogP contribution in [0.15, 0.2) is 0 Å². The molecule has 1 fully saturated rings. The minimum Gasteiger partial charge on any atom is -0.392 e. The summed E-state index contributed by atoms with van der Waals surface area (Å²) in [7, 11) is 3.94. The molecule has 1 aliphatic rings. The van der Waals surface area contributed by atoms with Gasteiger partial charge in [-0.3, -0.25) is 0 Å². The highest BCUT2D eigenvalue weighted by atomic mass is 16.5. The Morgan fingerprint density at radius 2 is 2.27 bits per heavy atom. The molecule has 1 saturated heterocycles. The van der Waals surface area contributed by atoms with Crippen molar-refractivity contribution in [1.82, 2.24) is 4.90 Å². The Bertz CT molecular complexity index is 179. The van der Waals surface area contributed by atoms with Gasteiger partial charge < -0.3 is 20.5 Å². The second-order valence-corrected chi connectivity index (χ2v) is 4.98. The van der Waals surface area contributed by atoms with Gasteiger partial charge in [0.2, 0.25) is 0 Å². The summed E-state index contributed by atoms with van der Waals surface area (Å²) in [6.07, 6.45) is 2.59. The fourth-order valence-electron chi connectivity index (χ4n) is 2.30. The van der Waals surface area contributed by atoms with Crippen molar-refractivity contribution < 1.29 is 9.84 Å². The highest BCUT2D eigenvalue weighted by Gasteiger charge is 2.33. The molecule has 0 aliphatic carbocycles. The van der Waals surface area contributed by atoms with E-state index in [-0.39, 0.29) is 11.5 Å². The van der Waals surface area contributed by atoms with E-state index in [4.69, 9.17) is 10.5 Å². The fraction of sp³-hybridized carbons (Fsp3) is 1.00. The van der Waals surface area contributed by atoms with Gasteiger partial charge in [0.05, 0.1) is 12.7 Å². The van der Waals surface area contributed by atoms with Gasteiger partial charge in [-0.05, 0) is 33.4 Å². The SMILES string of the molecule is CN(C)C[C@@H](O)C[C@@]1(CN)CCCOC1. The molecule has 90 valence electrons. The van der Waals surface area contributed by atoms with E-state index in [2.05, 4.69) is 0 Å². The molecule has 1 aliphatic heterocycles. The maximum absolute atomic E-state index is 9.92. The lowest BCUT2D eigenvalue weighted by molar-refractivity contribution is -0.0333. The van der Waals surface area contributed by atoms with E-state index in [0.29, 0.717) is 19.7 Å². The molecule has 0 aromatic carbocycles. The lowest BCUT2D eigenvalue weighted by atomic mass is 9.78. The summed E-state index contributed by atoms with van der Waals surface area (Å²) in [6, 6.07) is 0. The Kier molecular flexibility index (Phi) is 4.99. The minimum absolute atomic E-state index is 0.00762. The van der Waals surface area contributed by atoms with Crippen molar-refractivity contribution in [1.29, 1.82) is 0 Å². The number of hydrogen-bond acceptors (Lipinski definition) is 4. The molecular formula is C11H24N2O2. The standard InChI is InChI=1S/C11H24N2O2/c1-13(2)7-10(14)6-11(8-12)4-3-5-15-9-11/h10,14H,3-9,12H2,1-2H3/t10-,11+/m0/s1. The molecule has 1 rings (SSSR count). The monoisotopic (exact) mass is 216 g/mol. The van der Waals surface area contributed by atoms with Gasteiger partial charge in [-0.15, -0.1) is 0 Å². The maximum Gasteiger partial charge on any atom is 0.0673 e. The van der Waals surface area contributed by atoms with Gasteiger partial charge in [0.25, 0.3) is 0 Å². The van der Waals surface area contributed by atoms with Crippen molar-refractivity contribution in [2.24, 2.45) is 11.1 Å². The summed E-state index contributed by atoms with van der Waals surface area (Å²) in [5.41, 5.74) is 5.82. The normalized spacial score (nSPS) is 29.4. The van der Waals surface area contributed by atoms with E-state index in [0.717, 1.165) is 25.9 Å². The molecule has 0 saturated carbocycles. The highest BCUT2D eigenvalue weighted by molar-refractivity contribution is 4.85. The van der Waals surface area contributed by atoms with E-state index in [9.17, 15) is 5.11 Å². The number of aliphatic hydroxyl groups is 1. The lowest BCUT2D eigenvalue weighted by Crippen LogP contribution is -2.43. The maximum atomic E-state index is 9.92. The molecule has 0 bridgehead atoms. The van der Waals surface area contributed by atoms with Gasteiger partial charge >= 0.3 is 0 Å². The van der Waals surface area contributed by atoms with Crippen LogP contribution in [0.25, 0.3) is 0 Å². The highest BCUT2D eigenvalue weighted by Crippen LogP contribution is 2.32. The summed E-state index contributed by atoms with van der Waals surface area (Å²) in [4.78, 5) is 2.00. The molecule has 3 N–H and O–H groups in total. The van der Waals surface area contributed by atoms with Gasteiger partial charge in [0.1, 0.15) is 0 Å². The van der Waals surface area contributed by atoms with E-state index in [1.807, 2.05) is 19.0 Å². The molecule has 0 unspecified atom stereocenters. The van der Waals surface area contributed by atoms with E-state index >= 15 is 0 Å². The van der Waals surface area contributed by atoms with Gasteiger partial charge in [-0.2, -0.15) is 0 Å². The molecular weight excluding hydrogens is 192 g/mol. The summed E-state index contributed by atoms with van der Waals surface area (Å²) in [5, 5.41) is 9.92. The molecule has 0 aromatic rings. The zero-order valence-corrected chi connectivity index (χ0v) is 9.91. The van der Waals surface area contributed by atoms with E-state index in [1.165, 1.54) is 0 Å². The van der Waals surface area contributed by atoms with Crippen LogP contribution in [-0.2, 0) is 4.74 Å². The van der Waals surface area contributed by atoms with Crippen molar-refractivity contribution in [2.45, 2.75) is 25.4 Å². The molecule has 1 heterocycles. The number of rotatable bonds is 5. The second kappa shape index (κ2) is 5.80. The van der Waals surface area contributed by atoms with Gasteiger partial charge in [-0.1, -0.05) is 0 Å². The van der Waals surface area contributed by atoms with Crippen LogP contribution in [0.1, 0.15) is 19.3 Å². The Balaban J connectivity index is 2.43. The van der Waals surface area contributed by atoms with Crippen LogP contribution >= 0.6 is 0 Å². The number of likely N-dealkylation sites (N-methyl/N-ethyl adjacent to an activating group) is 1. The minimum atomic E-state index is -0.301. The summed E-state index contributed by atoms with van der Waals surface area (Å²) < 4.78 is 5.48.